The van der Waals surface area contributed by atoms with Gasteiger partial charge in [0.1, 0.15) is 12.0 Å². The summed E-state index contributed by atoms with van der Waals surface area (Å²) in [4.78, 5) is 24.9. The van der Waals surface area contributed by atoms with E-state index in [0.717, 1.165) is 12.3 Å². The Bertz CT molecular complexity index is 787. The van der Waals surface area contributed by atoms with Crippen LogP contribution in [0.25, 0.3) is 0 Å². The van der Waals surface area contributed by atoms with Crippen molar-refractivity contribution >= 4 is 17.6 Å². The van der Waals surface area contributed by atoms with Gasteiger partial charge in [0.25, 0.3) is 5.91 Å². The van der Waals surface area contributed by atoms with E-state index in [1.54, 1.807) is 0 Å². The van der Waals surface area contributed by atoms with Gasteiger partial charge < -0.3 is 19.2 Å². The van der Waals surface area contributed by atoms with Crippen molar-refractivity contribution in [1.29, 1.82) is 0 Å². The van der Waals surface area contributed by atoms with Crippen LogP contribution >= 0.6 is 0 Å². The number of benzene rings is 1. The second-order valence-corrected chi connectivity index (χ2v) is 5.23. The normalized spacial score (nSPS) is 13.7. The number of nitrogens with zero attached hydrogens (tertiary/aromatic N) is 1. The lowest BCUT2D eigenvalue weighted by molar-refractivity contribution is -0.0498. The number of carbonyl (C=O) groups is 2. The summed E-state index contributed by atoms with van der Waals surface area (Å²) in [7, 11) is 0. The zero-order chi connectivity index (χ0) is 17.3. The maximum Gasteiger partial charge on any atom is 0.387 e. The van der Waals surface area contributed by atoms with E-state index in [1.807, 2.05) is 0 Å². The molecule has 0 radical (unpaired) electrons. The molecule has 1 aliphatic heterocycles. The molecule has 0 saturated carbocycles. The van der Waals surface area contributed by atoms with Crippen molar-refractivity contribution in [1.82, 2.24) is 0 Å². The van der Waals surface area contributed by atoms with Crippen LogP contribution in [-0.4, -0.2) is 30.1 Å². The molecule has 2 aromatic rings. The second kappa shape index (κ2) is 6.31. The predicted octanol–water partition coefficient (Wildman–Crippen LogP) is 3.17. The number of fused-ring (bicyclic) bond motifs is 1. The van der Waals surface area contributed by atoms with Gasteiger partial charge in [-0.15, -0.1) is 0 Å². The number of carboxylic acids is 1. The molecule has 1 N–H and O–H groups in total. The van der Waals surface area contributed by atoms with Gasteiger partial charge in [-0.25, -0.2) is 4.79 Å². The summed E-state index contributed by atoms with van der Waals surface area (Å²) in [5, 5.41) is 8.89. The number of aromatic carboxylic acids is 1. The Morgan fingerprint density at radius 2 is 2.08 bits per heavy atom. The summed E-state index contributed by atoms with van der Waals surface area (Å²) in [6.07, 6.45) is 2.27. The largest absolute Gasteiger partial charge is 0.478 e. The van der Waals surface area contributed by atoms with Gasteiger partial charge in [0, 0.05) is 18.3 Å². The molecule has 0 unspecified atom stereocenters. The molecular formula is C16H13F2NO5. The number of anilines is 1. The molecular weight excluding hydrogens is 324 g/mol. The first-order valence-electron chi connectivity index (χ1n) is 7.17. The molecule has 6 nitrogen and oxygen atoms in total. The van der Waals surface area contributed by atoms with Crippen LogP contribution in [0.2, 0.25) is 0 Å². The van der Waals surface area contributed by atoms with Gasteiger partial charge in [0.2, 0.25) is 0 Å². The van der Waals surface area contributed by atoms with E-state index in [4.69, 9.17) is 9.52 Å². The van der Waals surface area contributed by atoms with E-state index in [2.05, 4.69) is 4.74 Å². The summed E-state index contributed by atoms with van der Waals surface area (Å²) in [5.74, 6) is -1.73. The molecule has 3 rings (SSSR count). The summed E-state index contributed by atoms with van der Waals surface area (Å²) in [6.45, 7) is -2.49. The third-order valence-corrected chi connectivity index (χ3v) is 3.70. The number of halogens is 2. The number of carbonyl (C=O) groups excluding carboxylic acids is 1. The van der Waals surface area contributed by atoms with Crippen molar-refractivity contribution in [2.24, 2.45) is 0 Å². The van der Waals surface area contributed by atoms with Gasteiger partial charge in [-0.05, 0) is 36.6 Å². The molecule has 1 amide bonds. The zero-order valence-electron chi connectivity index (χ0n) is 12.4. The Kier molecular flexibility index (Phi) is 4.20. The molecule has 126 valence electrons. The van der Waals surface area contributed by atoms with E-state index >= 15 is 0 Å². The molecule has 0 saturated heterocycles. The topological polar surface area (TPSA) is 80.0 Å². The molecule has 0 fully saturated rings. The van der Waals surface area contributed by atoms with Crippen molar-refractivity contribution in [2.75, 3.05) is 11.4 Å². The first kappa shape index (κ1) is 16.0. The minimum atomic E-state index is -2.91. The maximum absolute atomic E-state index is 12.5. The van der Waals surface area contributed by atoms with Gasteiger partial charge in [0.15, 0.2) is 5.76 Å². The number of amides is 1. The highest BCUT2D eigenvalue weighted by molar-refractivity contribution is 6.06. The predicted molar refractivity (Wildman–Crippen MR) is 78.7 cm³/mol. The first-order chi connectivity index (χ1) is 11.5. The number of rotatable bonds is 4. The minimum absolute atomic E-state index is 0.0317. The number of hydrogen-bond acceptors (Lipinski definition) is 4. The second-order valence-electron chi connectivity index (χ2n) is 5.23. The maximum atomic E-state index is 12.5. The summed E-state index contributed by atoms with van der Waals surface area (Å²) in [5.41, 5.74) is 1.16. The number of alkyl halides is 2. The van der Waals surface area contributed by atoms with Gasteiger partial charge >= 0.3 is 12.6 Å². The lowest BCUT2D eigenvalue weighted by Crippen LogP contribution is -2.35. The Morgan fingerprint density at radius 3 is 2.75 bits per heavy atom. The molecule has 8 heteroatoms. The van der Waals surface area contributed by atoms with Crippen molar-refractivity contribution in [3.63, 3.8) is 0 Å². The van der Waals surface area contributed by atoms with Gasteiger partial charge in [-0.1, -0.05) is 0 Å². The summed E-state index contributed by atoms with van der Waals surface area (Å²) in [6, 6.07) is 5.53. The number of furan rings is 1. The number of aryl methyl sites for hydroxylation is 1. The smallest absolute Gasteiger partial charge is 0.387 e. The molecule has 0 spiro atoms. The van der Waals surface area contributed by atoms with Crippen molar-refractivity contribution in [2.45, 2.75) is 19.5 Å². The Labute approximate surface area is 135 Å². The lowest BCUT2D eigenvalue weighted by Gasteiger charge is -2.29. The molecule has 1 aromatic carbocycles. The average molecular weight is 337 g/mol. The van der Waals surface area contributed by atoms with Crippen LogP contribution in [0.4, 0.5) is 14.5 Å². The Balaban J connectivity index is 1.88. The monoisotopic (exact) mass is 337 g/mol. The Hall–Kier alpha value is -2.90. The lowest BCUT2D eigenvalue weighted by atomic mass is 10.0. The number of carboxylic acid groups (broad SMARTS) is 1. The number of ether oxygens (including phenoxy) is 1. The zero-order valence-corrected chi connectivity index (χ0v) is 12.4. The van der Waals surface area contributed by atoms with Gasteiger partial charge in [-0.2, -0.15) is 8.78 Å². The molecule has 2 heterocycles. The fourth-order valence-electron chi connectivity index (χ4n) is 2.65. The van der Waals surface area contributed by atoms with Crippen LogP contribution in [0.1, 0.15) is 32.9 Å². The molecule has 0 atom stereocenters. The molecule has 1 aliphatic rings. The van der Waals surface area contributed by atoms with Crippen LogP contribution < -0.4 is 9.64 Å². The third kappa shape index (κ3) is 3.08. The average Bonchev–Trinajstić information content (AvgIpc) is 3.03. The highest BCUT2D eigenvalue weighted by Gasteiger charge is 2.27. The van der Waals surface area contributed by atoms with E-state index in [9.17, 15) is 18.4 Å². The summed E-state index contributed by atoms with van der Waals surface area (Å²) < 4.78 is 34.0. The standard InChI is InChI=1S/C16H13F2NO5/c17-16(18)24-11-3-4-12-9(6-11)2-1-5-19(12)14(20)13-7-10(8-23-13)15(21)22/h3-4,6-8,16H,1-2,5H2,(H,21,22). The van der Waals surface area contributed by atoms with Crippen LogP contribution in [-0.2, 0) is 6.42 Å². The van der Waals surface area contributed by atoms with E-state index in [1.165, 1.54) is 23.1 Å². The SMILES string of the molecule is O=C(O)c1coc(C(=O)N2CCCc3cc(OC(F)F)ccc32)c1. The minimum Gasteiger partial charge on any atom is -0.478 e. The third-order valence-electron chi connectivity index (χ3n) is 3.70. The van der Waals surface area contributed by atoms with E-state index in [-0.39, 0.29) is 17.1 Å². The quantitative estimate of drug-likeness (QED) is 0.927. The van der Waals surface area contributed by atoms with E-state index < -0.39 is 18.5 Å². The van der Waals surface area contributed by atoms with E-state index in [0.29, 0.717) is 30.6 Å². The van der Waals surface area contributed by atoms with Crippen molar-refractivity contribution in [3.8, 4) is 5.75 Å². The Morgan fingerprint density at radius 1 is 1.29 bits per heavy atom. The van der Waals surface area contributed by atoms with Crippen molar-refractivity contribution in [3.05, 3.63) is 47.4 Å². The van der Waals surface area contributed by atoms with Gasteiger partial charge in [-0.3, -0.25) is 4.79 Å². The molecule has 0 aliphatic carbocycles. The number of hydrogen-bond donors (Lipinski definition) is 1. The highest BCUT2D eigenvalue weighted by atomic mass is 19.3. The van der Waals surface area contributed by atoms with Crippen LogP contribution in [0, 0.1) is 0 Å². The van der Waals surface area contributed by atoms with Gasteiger partial charge in [0.05, 0.1) is 5.56 Å². The fourth-order valence-corrected chi connectivity index (χ4v) is 2.65. The van der Waals surface area contributed by atoms with Crippen LogP contribution in [0.3, 0.4) is 0 Å². The fraction of sp³-hybridized carbons (Fsp3) is 0.250. The highest BCUT2D eigenvalue weighted by Crippen LogP contribution is 2.32. The molecule has 1 aromatic heterocycles. The molecule has 0 bridgehead atoms. The summed E-state index contributed by atoms with van der Waals surface area (Å²) >= 11 is 0. The molecule has 24 heavy (non-hydrogen) atoms. The van der Waals surface area contributed by atoms with Crippen LogP contribution in [0.5, 0.6) is 5.75 Å². The van der Waals surface area contributed by atoms with Crippen molar-refractivity contribution < 1.29 is 32.6 Å². The van der Waals surface area contributed by atoms with Crippen LogP contribution in [0.15, 0.2) is 34.9 Å². The first-order valence-corrected chi connectivity index (χ1v) is 7.17.